The molecule has 0 saturated carbocycles. The van der Waals surface area contributed by atoms with Crippen LogP contribution in [0.2, 0.25) is 0 Å². The fourth-order valence-electron chi connectivity index (χ4n) is 3.70. The minimum atomic E-state index is -0.512. The minimum absolute atomic E-state index is 0. The van der Waals surface area contributed by atoms with E-state index >= 15 is 0 Å². The molecule has 188 valence electrons. The molecule has 1 aliphatic heterocycles. The lowest BCUT2D eigenvalue weighted by Gasteiger charge is -2.35. The number of morpholine rings is 1. The Morgan fingerprint density at radius 2 is 1.73 bits per heavy atom. The Morgan fingerprint density at radius 1 is 1.12 bits per heavy atom. The van der Waals surface area contributed by atoms with Crippen molar-refractivity contribution in [2.24, 2.45) is 4.99 Å². The Balaban J connectivity index is 0.00000544. The lowest BCUT2D eigenvalue weighted by atomic mass is 10.1. The van der Waals surface area contributed by atoms with Gasteiger partial charge in [-0.1, -0.05) is 12.1 Å². The molecule has 0 radical (unpaired) electrons. The van der Waals surface area contributed by atoms with Gasteiger partial charge >= 0.3 is 6.09 Å². The van der Waals surface area contributed by atoms with Crippen molar-refractivity contribution >= 4 is 41.7 Å². The zero-order valence-corrected chi connectivity index (χ0v) is 23.3. The molecule has 3 N–H and O–H groups in total. The van der Waals surface area contributed by atoms with E-state index in [1.165, 1.54) is 5.56 Å². The number of hydrogen-bond acceptors (Lipinski definition) is 5. The van der Waals surface area contributed by atoms with Gasteiger partial charge in [0.05, 0.1) is 12.2 Å². The average Bonchev–Trinajstić information content (AvgIpc) is 2.69. The number of nitrogens with zero attached hydrogens (tertiary/aromatic N) is 2. The van der Waals surface area contributed by atoms with E-state index in [1.54, 1.807) is 7.05 Å². The number of anilines is 1. The fraction of sp³-hybridized carbons (Fsp3) is 0.667. The van der Waals surface area contributed by atoms with Gasteiger partial charge in [0.25, 0.3) is 0 Å². The Morgan fingerprint density at radius 3 is 2.30 bits per heavy atom. The first kappa shape index (κ1) is 29.4. The molecule has 0 spiro atoms. The molecule has 1 aliphatic rings. The molecule has 8 nitrogen and oxygen atoms in total. The normalized spacial score (nSPS) is 19.4. The van der Waals surface area contributed by atoms with Gasteiger partial charge in [0.2, 0.25) is 0 Å². The van der Waals surface area contributed by atoms with Crippen molar-refractivity contribution in [3.63, 3.8) is 0 Å². The highest BCUT2D eigenvalue weighted by atomic mass is 127. The zero-order chi connectivity index (χ0) is 23.6. The van der Waals surface area contributed by atoms with E-state index in [-0.39, 0.29) is 24.0 Å². The van der Waals surface area contributed by atoms with Gasteiger partial charge in [0.1, 0.15) is 5.60 Å². The van der Waals surface area contributed by atoms with Crippen LogP contribution in [0.3, 0.4) is 0 Å². The zero-order valence-electron chi connectivity index (χ0n) is 20.9. The second-order valence-corrected chi connectivity index (χ2v) is 9.37. The minimum Gasteiger partial charge on any atom is -0.444 e. The first-order valence-corrected chi connectivity index (χ1v) is 11.6. The molecule has 9 heteroatoms. The number of rotatable bonds is 8. The van der Waals surface area contributed by atoms with Crippen LogP contribution in [0, 0.1) is 0 Å². The number of halogens is 1. The summed E-state index contributed by atoms with van der Waals surface area (Å²) in [5.74, 6) is 0.817. The third-order valence-electron chi connectivity index (χ3n) is 4.97. The van der Waals surface area contributed by atoms with Gasteiger partial charge in [-0.15, -0.1) is 24.0 Å². The first-order valence-electron chi connectivity index (χ1n) is 11.6. The Kier molecular flexibility index (Phi) is 13.0. The highest BCUT2D eigenvalue weighted by molar-refractivity contribution is 14.0. The average molecular weight is 576 g/mol. The molecule has 1 heterocycles. The maximum atomic E-state index is 11.8. The summed E-state index contributed by atoms with van der Waals surface area (Å²) in [6.45, 7) is 14.5. The van der Waals surface area contributed by atoms with Crippen LogP contribution in [-0.4, -0.2) is 74.5 Å². The lowest BCUT2D eigenvalue weighted by molar-refractivity contribution is -0.0679. The van der Waals surface area contributed by atoms with Crippen LogP contribution < -0.4 is 16.0 Å². The Bertz CT molecular complexity index is 727. The highest BCUT2D eigenvalue weighted by Crippen LogP contribution is 2.13. The van der Waals surface area contributed by atoms with Crippen LogP contribution >= 0.6 is 24.0 Å². The summed E-state index contributed by atoms with van der Waals surface area (Å²) in [7, 11) is 1.79. The van der Waals surface area contributed by atoms with Crippen LogP contribution in [0.5, 0.6) is 0 Å². The third kappa shape index (κ3) is 12.4. The number of ether oxygens (including phenoxy) is 2. The van der Waals surface area contributed by atoms with Crippen molar-refractivity contribution in [2.75, 3.05) is 45.1 Å². The number of amides is 1. The van der Waals surface area contributed by atoms with E-state index in [0.717, 1.165) is 57.2 Å². The van der Waals surface area contributed by atoms with E-state index < -0.39 is 11.7 Å². The molecule has 0 bridgehead atoms. The quantitative estimate of drug-likeness (QED) is 0.189. The van der Waals surface area contributed by atoms with Crippen molar-refractivity contribution in [2.45, 2.75) is 65.3 Å². The van der Waals surface area contributed by atoms with Gasteiger partial charge in [-0.25, -0.2) is 4.79 Å². The topological polar surface area (TPSA) is 87.2 Å². The summed E-state index contributed by atoms with van der Waals surface area (Å²) in [6, 6.07) is 7.79. The van der Waals surface area contributed by atoms with Crippen LogP contribution in [0.1, 0.15) is 46.6 Å². The maximum absolute atomic E-state index is 11.8. The van der Waals surface area contributed by atoms with Gasteiger partial charge in [-0.05, 0) is 65.2 Å². The van der Waals surface area contributed by atoms with E-state index in [4.69, 9.17) is 9.47 Å². The van der Waals surface area contributed by atoms with Gasteiger partial charge in [-0.3, -0.25) is 15.2 Å². The number of guanidine groups is 1. The van der Waals surface area contributed by atoms with E-state index in [9.17, 15) is 4.79 Å². The number of hydrogen-bond donors (Lipinski definition) is 3. The van der Waals surface area contributed by atoms with Crippen LogP contribution in [-0.2, 0) is 15.9 Å². The van der Waals surface area contributed by atoms with Crippen molar-refractivity contribution in [3.05, 3.63) is 29.8 Å². The second kappa shape index (κ2) is 14.6. The molecule has 2 unspecified atom stereocenters. The predicted molar refractivity (Wildman–Crippen MR) is 146 cm³/mol. The molecule has 1 amide bonds. The SMILES string of the molecule is CN=C(NCCCN1CC(C)OC(C)C1)NCCc1ccc(NC(=O)OC(C)(C)C)cc1.I. The molecule has 2 rings (SSSR count). The molecule has 0 aromatic heterocycles. The third-order valence-corrected chi connectivity index (χ3v) is 4.97. The molecule has 1 fully saturated rings. The summed E-state index contributed by atoms with van der Waals surface area (Å²) in [4.78, 5) is 18.6. The number of aliphatic imine (C=N–C) groups is 1. The van der Waals surface area contributed by atoms with Gasteiger partial charge in [0.15, 0.2) is 5.96 Å². The number of benzene rings is 1. The predicted octanol–water partition coefficient (Wildman–Crippen LogP) is 3.86. The van der Waals surface area contributed by atoms with Crippen molar-refractivity contribution < 1.29 is 14.3 Å². The van der Waals surface area contributed by atoms with Crippen molar-refractivity contribution in [3.8, 4) is 0 Å². The van der Waals surface area contributed by atoms with Crippen molar-refractivity contribution in [1.29, 1.82) is 0 Å². The van der Waals surface area contributed by atoms with E-state index in [1.807, 2.05) is 45.0 Å². The standard InChI is InChI=1S/C24H41N5O3.HI/c1-18-16-29(17-19(2)31-18)15-7-13-26-22(25-6)27-14-12-20-8-10-21(11-9-20)28-23(30)32-24(3,4)5;/h8-11,18-19H,7,12-17H2,1-6H3,(H,28,30)(H2,25,26,27);1H. The summed E-state index contributed by atoms with van der Waals surface area (Å²) in [5.41, 5.74) is 1.39. The number of carbonyl (C=O) groups is 1. The van der Waals surface area contributed by atoms with Crippen molar-refractivity contribution in [1.82, 2.24) is 15.5 Å². The Labute approximate surface area is 216 Å². The summed E-state index contributed by atoms with van der Waals surface area (Å²) < 4.78 is 11.1. The van der Waals surface area contributed by atoms with E-state index in [0.29, 0.717) is 12.2 Å². The number of carbonyl (C=O) groups excluding carboxylic acids is 1. The molecule has 1 saturated heterocycles. The largest absolute Gasteiger partial charge is 0.444 e. The molecule has 0 aliphatic carbocycles. The summed E-state index contributed by atoms with van der Waals surface area (Å²) in [5, 5.41) is 9.50. The lowest BCUT2D eigenvalue weighted by Crippen LogP contribution is -2.46. The summed E-state index contributed by atoms with van der Waals surface area (Å²) in [6.07, 6.45) is 2.09. The molecule has 33 heavy (non-hydrogen) atoms. The molecule has 2 atom stereocenters. The highest BCUT2D eigenvalue weighted by Gasteiger charge is 2.21. The summed E-state index contributed by atoms with van der Waals surface area (Å²) >= 11 is 0. The molecule has 1 aromatic carbocycles. The van der Waals surface area contributed by atoms with Gasteiger partial charge < -0.3 is 20.1 Å². The fourth-order valence-corrected chi connectivity index (χ4v) is 3.70. The smallest absolute Gasteiger partial charge is 0.412 e. The molecular formula is C24H42IN5O3. The Hall–Kier alpha value is -1.59. The van der Waals surface area contributed by atoms with Crippen LogP contribution in [0.4, 0.5) is 10.5 Å². The first-order chi connectivity index (χ1) is 15.1. The van der Waals surface area contributed by atoms with Crippen LogP contribution in [0.15, 0.2) is 29.3 Å². The second-order valence-electron chi connectivity index (χ2n) is 9.37. The monoisotopic (exact) mass is 575 g/mol. The molecule has 1 aromatic rings. The number of nitrogens with one attached hydrogen (secondary N) is 3. The molecular weight excluding hydrogens is 533 g/mol. The van der Waals surface area contributed by atoms with Gasteiger partial charge in [-0.2, -0.15) is 0 Å². The maximum Gasteiger partial charge on any atom is 0.412 e. The van der Waals surface area contributed by atoms with Crippen LogP contribution in [0.25, 0.3) is 0 Å². The van der Waals surface area contributed by atoms with E-state index in [2.05, 4.69) is 39.7 Å². The van der Waals surface area contributed by atoms with Gasteiger partial charge in [0, 0.05) is 45.5 Å².